The zero-order chi connectivity index (χ0) is 11.4. The molecule has 1 aromatic rings. The molecule has 2 rings (SSSR count). The normalized spacial score (nSPS) is 13.9. The standard InChI is InChI=1S/C11H13N3O2/c15-7-9-6-13-11(16)14-10(9)12-5-8-3-1-2-4-8/h1-3,6,15H,4-5,7H2,(H2,12,13,14,16). The SMILES string of the molecule is O=c1ncc(CO)c(NCC2=CC=CC2)[nH]1. The molecule has 1 aromatic heterocycles. The molecule has 0 saturated carbocycles. The van der Waals surface area contributed by atoms with Crippen LogP contribution in [0.15, 0.2) is 34.8 Å². The molecule has 1 aliphatic rings. The van der Waals surface area contributed by atoms with Crippen LogP contribution in [-0.2, 0) is 6.61 Å². The average molecular weight is 219 g/mol. The maximum atomic E-state index is 11.0. The molecule has 0 radical (unpaired) electrons. The van der Waals surface area contributed by atoms with Crippen molar-refractivity contribution in [3.05, 3.63) is 46.0 Å². The van der Waals surface area contributed by atoms with Crippen LogP contribution in [0.25, 0.3) is 0 Å². The lowest BCUT2D eigenvalue weighted by Gasteiger charge is -2.09. The molecule has 0 fully saturated rings. The van der Waals surface area contributed by atoms with Crippen LogP contribution in [-0.4, -0.2) is 21.6 Å². The van der Waals surface area contributed by atoms with E-state index in [0.29, 0.717) is 17.9 Å². The summed E-state index contributed by atoms with van der Waals surface area (Å²) in [6, 6.07) is 0. The lowest BCUT2D eigenvalue weighted by Crippen LogP contribution is -2.16. The summed E-state index contributed by atoms with van der Waals surface area (Å²) < 4.78 is 0. The Balaban J connectivity index is 2.08. The fraction of sp³-hybridized carbons (Fsp3) is 0.273. The van der Waals surface area contributed by atoms with Gasteiger partial charge in [0.1, 0.15) is 5.82 Å². The summed E-state index contributed by atoms with van der Waals surface area (Å²) >= 11 is 0. The van der Waals surface area contributed by atoms with Crippen molar-refractivity contribution in [2.45, 2.75) is 13.0 Å². The van der Waals surface area contributed by atoms with Crippen molar-refractivity contribution < 1.29 is 5.11 Å². The van der Waals surface area contributed by atoms with Gasteiger partial charge in [-0.3, -0.25) is 4.98 Å². The van der Waals surface area contributed by atoms with Gasteiger partial charge in [-0.25, -0.2) is 9.78 Å². The van der Waals surface area contributed by atoms with Gasteiger partial charge in [0.2, 0.25) is 0 Å². The summed E-state index contributed by atoms with van der Waals surface area (Å²) in [5.74, 6) is 0.537. The van der Waals surface area contributed by atoms with Gasteiger partial charge in [0.15, 0.2) is 0 Å². The first-order chi connectivity index (χ1) is 7.79. The highest BCUT2D eigenvalue weighted by Crippen LogP contribution is 2.13. The topological polar surface area (TPSA) is 78.0 Å². The minimum Gasteiger partial charge on any atom is -0.391 e. The zero-order valence-electron chi connectivity index (χ0n) is 8.73. The van der Waals surface area contributed by atoms with Crippen molar-refractivity contribution in [3.8, 4) is 0 Å². The van der Waals surface area contributed by atoms with Gasteiger partial charge in [0.25, 0.3) is 0 Å². The summed E-state index contributed by atoms with van der Waals surface area (Å²) in [7, 11) is 0. The van der Waals surface area contributed by atoms with Crippen LogP contribution < -0.4 is 11.0 Å². The molecule has 1 aliphatic carbocycles. The van der Waals surface area contributed by atoms with Crippen LogP contribution in [0.2, 0.25) is 0 Å². The monoisotopic (exact) mass is 219 g/mol. The first-order valence-corrected chi connectivity index (χ1v) is 5.07. The lowest BCUT2D eigenvalue weighted by atomic mass is 10.2. The third-order valence-electron chi connectivity index (χ3n) is 2.40. The molecule has 0 atom stereocenters. The quantitative estimate of drug-likeness (QED) is 0.691. The smallest absolute Gasteiger partial charge is 0.346 e. The number of nitrogens with one attached hydrogen (secondary N) is 2. The second-order valence-corrected chi connectivity index (χ2v) is 3.56. The molecule has 1 heterocycles. The number of hydrogen-bond donors (Lipinski definition) is 3. The minimum absolute atomic E-state index is 0.149. The van der Waals surface area contributed by atoms with Crippen molar-refractivity contribution >= 4 is 5.82 Å². The van der Waals surface area contributed by atoms with Crippen molar-refractivity contribution in [1.82, 2.24) is 9.97 Å². The number of aliphatic hydroxyl groups excluding tert-OH is 1. The van der Waals surface area contributed by atoms with E-state index in [9.17, 15) is 4.79 Å². The molecule has 3 N–H and O–H groups in total. The predicted molar refractivity (Wildman–Crippen MR) is 61.1 cm³/mol. The van der Waals surface area contributed by atoms with E-state index in [0.717, 1.165) is 6.42 Å². The molecule has 0 aliphatic heterocycles. The first-order valence-electron chi connectivity index (χ1n) is 5.07. The van der Waals surface area contributed by atoms with Crippen molar-refractivity contribution in [3.63, 3.8) is 0 Å². The maximum absolute atomic E-state index is 11.0. The second-order valence-electron chi connectivity index (χ2n) is 3.56. The Bertz CT molecular complexity index is 488. The summed E-state index contributed by atoms with van der Waals surface area (Å²) in [4.78, 5) is 17.2. The molecule has 84 valence electrons. The van der Waals surface area contributed by atoms with E-state index in [1.165, 1.54) is 11.8 Å². The van der Waals surface area contributed by atoms with Gasteiger partial charge in [0.05, 0.1) is 6.61 Å². The zero-order valence-corrected chi connectivity index (χ0v) is 8.73. The number of allylic oxidation sites excluding steroid dienone is 3. The molecule has 0 aromatic carbocycles. The fourth-order valence-electron chi connectivity index (χ4n) is 1.52. The van der Waals surface area contributed by atoms with Gasteiger partial charge in [-0.2, -0.15) is 0 Å². The summed E-state index contributed by atoms with van der Waals surface area (Å²) in [5.41, 5.74) is 1.41. The second kappa shape index (κ2) is 4.76. The van der Waals surface area contributed by atoms with Crippen LogP contribution in [0.1, 0.15) is 12.0 Å². The van der Waals surface area contributed by atoms with E-state index in [4.69, 9.17) is 5.11 Å². The number of nitrogens with zero attached hydrogens (tertiary/aromatic N) is 1. The van der Waals surface area contributed by atoms with Crippen molar-refractivity contribution in [2.75, 3.05) is 11.9 Å². The van der Waals surface area contributed by atoms with Gasteiger partial charge in [-0.15, -0.1) is 0 Å². The van der Waals surface area contributed by atoms with Crippen LogP contribution >= 0.6 is 0 Å². The Morgan fingerprint density at radius 2 is 2.44 bits per heavy atom. The molecule has 0 spiro atoms. The molecular weight excluding hydrogens is 206 g/mol. The Morgan fingerprint density at radius 3 is 3.12 bits per heavy atom. The third-order valence-corrected chi connectivity index (χ3v) is 2.40. The highest BCUT2D eigenvalue weighted by molar-refractivity contribution is 5.43. The van der Waals surface area contributed by atoms with Crippen LogP contribution in [0.5, 0.6) is 0 Å². The molecule has 16 heavy (non-hydrogen) atoms. The lowest BCUT2D eigenvalue weighted by molar-refractivity contribution is 0.281. The van der Waals surface area contributed by atoms with E-state index < -0.39 is 5.69 Å². The Labute approximate surface area is 92.5 Å². The number of aromatic amines is 1. The van der Waals surface area contributed by atoms with Gasteiger partial charge in [-0.05, 0) is 12.0 Å². The minimum atomic E-state index is -0.418. The molecular formula is C11H13N3O2. The fourth-order valence-corrected chi connectivity index (χ4v) is 1.52. The highest BCUT2D eigenvalue weighted by Gasteiger charge is 2.04. The number of aliphatic hydroxyl groups is 1. The number of anilines is 1. The van der Waals surface area contributed by atoms with Crippen LogP contribution in [0, 0.1) is 0 Å². The van der Waals surface area contributed by atoms with Crippen molar-refractivity contribution in [2.24, 2.45) is 0 Å². The van der Waals surface area contributed by atoms with E-state index in [1.54, 1.807) is 0 Å². The largest absolute Gasteiger partial charge is 0.391 e. The number of H-pyrrole nitrogens is 1. The van der Waals surface area contributed by atoms with E-state index >= 15 is 0 Å². The van der Waals surface area contributed by atoms with Gasteiger partial charge < -0.3 is 10.4 Å². The highest BCUT2D eigenvalue weighted by atomic mass is 16.3. The molecule has 0 saturated heterocycles. The van der Waals surface area contributed by atoms with Gasteiger partial charge in [0, 0.05) is 18.3 Å². The Morgan fingerprint density at radius 1 is 1.56 bits per heavy atom. The number of aromatic nitrogens is 2. The number of rotatable bonds is 4. The molecule has 0 unspecified atom stereocenters. The van der Waals surface area contributed by atoms with Gasteiger partial charge in [-0.1, -0.05) is 18.2 Å². The molecule has 0 amide bonds. The summed E-state index contributed by atoms with van der Waals surface area (Å²) in [6.07, 6.45) is 8.41. The Kier molecular flexibility index (Phi) is 3.16. The predicted octanol–water partition coefficient (Wildman–Crippen LogP) is 0.560. The molecule has 5 heteroatoms. The average Bonchev–Trinajstić information content (AvgIpc) is 2.79. The number of hydrogen-bond acceptors (Lipinski definition) is 4. The third kappa shape index (κ3) is 2.38. The summed E-state index contributed by atoms with van der Waals surface area (Å²) in [6.45, 7) is 0.503. The summed E-state index contributed by atoms with van der Waals surface area (Å²) in [5, 5.41) is 12.2. The van der Waals surface area contributed by atoms with E-state index in [1.807, 2.05) is 12.2 Å². The maximum Gasteiger partial charge on any atom is 0.346 e. The Hall–Kier alpha value is -1.88. The molecule has 0 bridgehead atoms. The van der Waals surface area contributed by atoms with Crippen molar-refractivity contribution in [1.29, 1.82) is 0 Å². The van der Waals surface area contributed by atoms with E-state index in [-0.39, 0.29) is 6.61 Å². The van der Waals surface area contributed by atoms with Crippen LogP contribution in [0.4, 0.5) is 5.82 Å². The first kappa shape index (κ1) is 10.6. The van der Waals surface area contributed by atoms with E-state index in [2.05, 4.69) is 21.4 Å². The van der Waals surface area contributed by atoms with Crippen LogP contribution in [0.3, 0.4) is 0 Å². The van der Waals surface area contributed by atoms with Gasteiger partial charge >= 0.3 is 5.69 Å². The molecule has 5 nitrogen and oxygen atoms in total.